The Morgan fingerprint density at radius 1 is 1.10 bits per heavy atom. The van der Waals surface area contributed by atoms with Crippen LogP contribution >= 0.6 is 0 Å². The highest BCUT2D eigenvalue weighted by molar-refractivity contribution is 5.95. The first-order valence-electron chi connectivity index (χ1n) is 8.86. The Morgan fingerprint density at radius 2 is 1.73 bits per heavy atom. The molecule has 0 saturated heterocycles. The molecule has 0 saturated carbocycles. The lowest BCUT2D eigenvalue weighted by Crippen LogP contribution is -2.12. The summed E-state index contributed by atoms with van der Waals surface area (Å²) in [7, 11) is 2.69. The third-order valence-electron chi connectivity index (χ3n) is 4.29. The van der Waals surface area contributed by atoms with Crippen LogP contribution in [0.2, 0.25) is 0 Å². The Kier molecular flexibility index (Phi) is 5.95. The molecule has 0 N–H and O–H groups in total. The zero-order chi connectivity index (χ0) is 21.8. The molecule has 0 amide bonds. The maximum atomic E-state index is 12.6. The van der Waals surface area contributed by atoms with E-state index in [2.05, 4.69) is 10.2 Å². The number of ether oxygens (including phenoxy) is 3. The number of hydrogen-bond donors (Lipinski definition) is 0. The number of rotatable bonds is 7. The largest absolute Gasteiger partial charge is 0.493 e. The Bertz CT molecular complexity index is 1080. The molecule has 1 unspecified atom stereocenters. The minimum atomic E-state index is -0.940. The molecule has 0 aliphatic heterocycles. The minimum absolute atomic E-state index is 0.0575. The van der Waals surface area contributed by atoms with Crippen LogP contribution in [0.1, 0.15) is 34.8 Å². The van der Waals surface area contributed by atoms with E-state index < -0.39 is 22.7 Å². The molecule has 1 aromatic heterocycles. The average Bonchev–Trinajstić information content (AvgIpc) is 3.23. The van der Waals surface area contributed by atoms with Gasteiger partial charge in [-0.2, -0.15) is 0 Å². The fourth-order valence-corrected chi connectivity index (χ4v) is 2.67. The number of methoxy groups -OCH3 is 2. The average molecular weight is 413 g/mol. The highest BCUT2D eigenvalue weighted by Gasteiger charge is 2.28. The molecule has 3 rings (SSSR count). The smallest absolute Gasteiger partial charge is 0.346 e. The van der Waals surface area contributed by atoms with E-state index in [4.69, 9.17) is 18.6 Å². The molecule has 0 radical (unpaired) electrons. The highest BCUT2D eigenvalue weighted by atomic mass is 16.6. The van der Waals surface area contributed by atoms with E-state index in [0.717, 1.165) is 11.6 Å². The lowest BCUT2D eigenvalue weighted by atomic mass is 10.1. The maximum Gasteiger partial charge on any atom is 0.346 e. The Labute approximate surface area is 171 Å². The number of esters is 1. The SMILES string of the molecule is COc1cc(C(=O)OC(C)c2nnc(-c3ccc(C)cc3)o2)c([N+](=O)[O-])cc1OC. The monoisotopic (exact) mass is 413 g/mol. The molecule has 0 spiro atoms. The fourth-order valence-electron chi connectivity index (χ4n) is 2.67. The van der Waals surface area contributed by atoms with Crippen molar-refractivity contribution in [1.29, 1.82) is 0 Å². The van der Waals surface area contributed by atoms with Gasteiger partial charge in [0.05, 0.1) is 25.2 Å². The second kappa shape index (κ2) is 8.60. The maximum absolute atomic E-state index is 12.6. The molecule has 0 bridgehead atoms. The van der Waals surface area contributed by atoms with Crippen LogP contribution < -0.4 is 9.47 Å². The van der Waals surface area contributed by atoms with E-state index in [1.165, 1.54) is 27.2 Å². The fraction of sp³-hybridized carbons (Fsp3) is 0.250. The van der Waals surface area contributed by atoms with Crippen LogP contribution in [-0.4, -0.2) is 35.3 Å². The number of nitro benzene ring substituents is 1. The van der Waals surface area contributed by atoms with Crippen LogP contribution in [0.3, 0.4) is 0 Å². The molecule has 0 aliphatic carbocycles. The molecule has 156 valence electrons. The van der Waals surface area contributed by atoms with Crippen molar-refractivity contribution in [2.75, 3.05) is 14.2 Å². The summed E-state index contributed by atoms with van der Waals surface area (Å²) < 4.78 is 21.1. The Hall–Kier alpha value is -3.95. The second-order valence-corrected chi connectivity index (χ2v) is 6.34. The number of aryl methyl sites for hydroxylation is 1. The van der Waals surface area contributed by atoms with E-state index in [9.17, 15) is 14.9 Å². The van der Waals surface area contributed by atoms with Gasteiger partial charge in [-0.05, 0) is 26.0 Å². The van der Waals surface area contributed by atoms with Gasteiger partial charge in [0.2, 0.25) is 5.89 Å². The van der Waals surface area contributed by atoms with Crippen LogP contribution in [0.25, 0.3) is 11.5 Å². The molecule has 0 aliphatic rings. The second-order valence-electron chi connectivity index (χ2n) is 6.34. The summed E-state index contributed by atoms with van der Waals surface area (Å²) in [5.41, 5.74) is 1.03. The normalized spacial score (nSPS) is 11.6. The van der Waals surface area contributed by atoms with Crippen molar-refractivity contribution in [3.8, 4) is 23.0 Å². The molecule has 30 heavy (non-hydrogen) atoms. The van der Waals surface area contributed by atoms with Crippen molar-refractivity contribution in [1.82, 2.24) is 10.2 Å². The van der Waals surface area contributed by atoms with E-state index in [-0.39, 0.29) is 28.8 Å². The lowest BCUT2D eigenvalue weighted by molar-refractivity contribution is -0.385. The molecule has 1 atom stereocenters. The van der Waals surface area contributed by atoms with Gasteiger partial charge >= 0.3 is 5.97 Å². The predicted molar refractivity (Wildman–Crippen MR) is 105 cm³/mol. The van der Waals surface area contributed by atoms with Gasteiger partial charge < -0.3 is 18.6 Å². The van der Waals surface area contributed by atoms with E-state index >= 15 is 0 Å². The Morgan fingerprint density at radius 3 is 2.33 bits per heavy atom. The van der Waals surface area contributed by atoms with Gasteiger partial charge in [0.25, 0.3) is 11.6 Å². The van der Waals surface area contributed by atoms with Gasteiger partial charge in [-0.15, -0.1) is 10.2 Å². The molecule has 2 aromatic carbocycles. The highest BCUT2D eigenvalue weighted by Crippen LogP contribution is 2.35. The van der Waals surface area contributed by atoms with Gasteiger partial charge in [-0.25, -0.2) is 4.79 Å². The third kappa shape index (κ3) is 4.22. The van der Waals surface area contributed by atoms with E-state index in [0.29, 0.717) is 5.56 Å². The van der Waals surface area contributed by atoms with E-state index in [1.54, 1.807) is 0 Å². The summed E-state index contributed by atoms with van der Waals surface area (Å²) in [4.78, 5) is 23.3. The summed E-state index contributed by atoms with van der Waals surface area (Å²) in [6, 6.07) is 9.75. The summed E-state index contributed by atoms with van der Waals surface area (Å²) in [6.07, 6.45) is -0.933. The number of aromatic nitrogens is 2. The van der Waals surface area contributed by atoms with Crippen LogP contribution in [-0.2, 0) is 4.74 Å². The summed E-state index contributed by atoms with van der Waals surface area (Å²) in [5, 5.41) is 19.3. The minimum Gasteiger partial charge on any atom is -0.493 e. The standard InChI is InChI=1S/C20H19N3O7/c1-11-5-7-13(8-6-11)19-22-21-18(30-19)12(2)29-20(24)14-9-16(27-3)17(28-4)10-15(14)23(25)26/h5-10,12H,1-4H3. The summed E-state index contributed by atoms with van der Waals surface area (Å²) >= 11 is 0. The number of hydrogen-bond acceptors (Lipinski definition) is 9. The topological polar surface area (TPSA) is 127 Å². The van der Waals surface area contributed by atoms with Crippen LogP contribution in [0.15, 0.2) is 40.8 Å². The first-order chi connectivity index (χ1) is 14.3. The van der Waals surface area contributed by atoms with Crippen molar-refractivity contribution in [3.63, 3.8) is 0 Å². The molecular formula is C20H19N3O7. The van der Waals surface area contributed by atoms with Gasteiger partial charge in [-0.3, -0.25) is 10.1 Å². The number of nitrogens with zero attached hydrogens (tertiary/aromatic N) is 3. The van der Waals surface area contributed by atoms with Gasteiger partial charge in [0.1, 0.15) is 5.56 Å². The number of carbonyl (C=O) groups excluding carboxylic acids is 1. The van der Waals surface area contributed by atoms with E-state index in [1.807, 2.05) is 31.2 Å². The summed E-state index contributed by atoms with van der Waals surface area (Å²) in [5.74, 6) is -0.340. The van der Waals surface area contributed by atoms with Crippen molar-refractivity contribution in [3.05, 3.63) is 63.5 Å². The quantitative estimate of drug-likeness (QED) is 0.322. The zero-order valence-electron chi connectivity index (χ0n) is 16.7. The molecular weight excluding hydrogens is 394 g/mol. The first-order valence-corrected chi connectivity index (χ1v) is 8.86. The first kappa shape index (κ1) is 20.8. The molecule has 0 fully saturated rings. The van der Waals surface area contributed by atoms with Crippen LogP contribution in [0.4, 0.5) is 5.69 Å². The molecule has 10 nitrogen and oxygen atoms in total. The number of carbonyl (C=O) groups is 1. The van der Waals surface area contributed by atoms with Crippen molar-refractivity contribution < 1.29 is 28.3 Å². The van der Waals surface area contributed by atoms with Gasteiger partial charge in [0.15, 0.2) is 17.6 Å². The van der Waals surface area contributed by atoms with Crippen molar-refractivity contribution in [2.45, 2.75) is 20.0 Å². The van der Waals surface area contributed by atoms with Crippen LogP contribution in [0, 0.1) is 17.0 Å². The predicted octanol–water partition coefficient (Wildman–Crippen LogP) is 3.89. The van der Waals surface area contributed by atoms with Gasteiger partial charge in [-0.1, -0.05) is 17.7 Å². The number of benzene rings is 2. The summed E-state index contributed by atoms with van der Waals surface area (Å²) in [6.45, 7) is 3.48. The van der Waals surface area contributed by atoms with Gasteiger partial charge in [0, 0.05) is 11.6 Å². The molecule has 1 heterocycles. The zero-order valence-corrected chi connectivity index (χ0v) is 16.7. The third-order valence-corrected chi connectivity index (χ3v) is 4.29. The Balaban J connectivity index is 1.84. The number of nitro groups is 1. The van der Waals surface area contributed by atoms with Crippen LogP contribution in [0.5, 0.6) is 11.5 Å². The van der Waals surface area contributed by atoms with Crippen molar-refractivity contribution >= 4 is 11.7 Å². The lowest BCUT2D eigenvalue weighted by Gasteiger charge is -2.12. The van der Waals surface area contributed by atoms with Crippen molar-refractivity contribution in [2.24, 2.45) is 0 Å². The molecule has 10 heteroatoms. The molecule has 3 aromatic rings.